The van der Waals surface area contributed by atoms with Crippen LogP contribution in [-0.4, -0.2) is 31.4 Å². The van der Waals surface area contributed by atoms with Crippen molar-refractivity contribution in [2.45, 2.75) is 21.7 Å². The van der Waals surface area contributed by atoms with Gasteiger partial charge in [-0.2, -0.15) is 0 Å². The number of hydrogen-bond donors (Lipinski definition) is 1. The summed E-state index contributed by atoms with van der Waals surface area (Å²) in [6, 6.07) is 41.0. The first-order valence-corrected chi connectivity index (χ1v) is 16.9. The number of thioether (sulfide) groups is 2. The number of amides is 1. The van der Waals surface area contributed by atoms with Gasteiger partial charge in [-0.05, 0) is 52.2 Å². The second-order valence-electron chi connectivity index (χ2n) is 10.2. The van der Waals surface area contributed by atoms with Gasteiger partial charge in [-0.25, -0.2) is 4.98 Å². The number of aromatic nitrogens is 4. The lowest BCUT2D eigenvalue weighted by Gasteiger charge is -2.11. The summed E-state index contributed by atoms with van der Waals surface area (Å²) in [5.74, 6) is 1.81. The molecule has 0 saturated heterocycles. The predicted molar refractivity (Wildman–Crippen MR) is 183 cm³/mol. The minimum absolute atomic E-state index is 0.101. The largest absolute Gasteiger partial charge is 0.325 e. The number of carbonyl (C=O) groups excluding carboxylic acids is 1. The van der Waals surface area contributed by atoms with Crippen molar-refractivity contribution in [3.8, 4) is 5.69 Å². The van der Waals surface area contributed by atoms with Crippen LogP contribution < -0.4 is 5.32 Å². The SMILES string of the molecule is O=C(CSc1nnc(Cc2cccc3ccccc23)n1-c1ccccc1)Nc1ccc2nc(SCc3ccccc3)sc2c1. The Labute approximate surface area is 267 Å². The van der Waals surface area contributed by atoms with Crippen LogP contribution in [0.3, 0.4) is 0 Å². The molecule has 6 nitrogen and oxygen atoms in total. The Morgan fingerprint density at radius 1 is 0.795 bits per heavy atom. The van der Waals surface area contributed by atoms with Gasteiger partial charge in [-0.15, -0.1) is 21.5 Å². The summed E-state index contributed by atoms with van der Waals surface area (Å²) in [5, 5.41) is 15.2. The molecule has 0 radical (unpaired) electrons. The zero-order valence-electron chi connectivity index (χ0n) is 23.6. The normalized spacial score (nSPS) is 11.3. The number of thiazole rings is 1. The van der Waals surface area contributed by atoms with E-state index in [1.807, 2.05) is 54.6 Å². The molecule has 0 bridgehead atoms. The Kier molecular flexibility index (Phi) is 8.41. The summed E-state index contributed by atoms with van der Waals surface area (Å²) >= 11 is 4.75. The molecule has 0 atom stereocenters. The molecule has 0 spiro atoms. The van der Waals surface area contributed by atoms with E-state index in [-0.39, 0.29) is 11.7 Å². The van der Waals surface area contributed by atoms with Gasteiger partial charge in [0.2, 0.25) is 5.91 Å². The fourth-order valence-electron chi connectivity index (χ4n) is 5.05. The predicted octanol–water partition coefficient (Wildman–Crippen LogP) is 8.64. The maximum atomic E-state index is 13.1. The lowest BCUT2D eigenvalue weighted by Crippen LogP contribution is -2.14. The number of anilines is 1. The smallest absolute Gasteiger partial charge is 0.234 e. The van der Waals surface area contributed by atoms with Crippen molar-refractivity contribution in [1.29, 1.82) is 0 Å². The zero-order chi connectivity index (χ0) is 29.7. The molecule has 7 rings (SSSR count). The minimum Gasteiger partial charge on any atom is -0.325 e. The van der Waals surface area contributed by atoms with E-state index in [1.165, 1.54) is 33.7 Å². The second kappa shape index (κ2) is 13.1. The molecule has 2 heterocycles. The lowest BCUT2D eigenvalue weighted by atomic mass is 10.0. The van der Waals surface area contributed by atoms with Crippen LogP contribution in [0.15, 0.2) is 131 Å². The number of benzene rings is 5. The highest BCUT2D eigenvalue weighted by atomic mass is 32.2. The van der Waals surface area contributed by atoms with Crippen molar-refractivity contribution in [2.75, 3.05) is 11.1 Å². The number of hydrogen-bond acceptors (Lipinski definition) is 7. The molecule has 0 unspecified atom stereocenters. The molecule has 0 aliphatic carbocycles. The number of nitrogens with one attached hydrogen (secondary N) is 1. The maximum Gasteiger partial charge on any atom is 0.234 e. The van der Waals surface area contributed by atoms with Gasteiger partial charge in [0.1, 0.15) is 5.82 Å². The number of fused-ring (bicyclic) bond motifs is 2. The quantitative estimate of drug-likeness (QED) is 0.153. The monoisotopic (exact) mass is 629 g/mol. The van der Waals surface area contributed by atoms with Crippen LogP contribution in [0.4, 0.5) is 5.69 Å². The van der Waals surface area contributed by atoms with Crippen LogP contribution in [0, 0.1) is 0 Å². The molecular weight excluding hydrogens is 603 g/mol. The molecule has 1 amide bonds. The Morgan fingerprint density at radius 2 is 1.57 bits per heavy atom. The molecule has 216 valence electrons. The zero-order valence-corrected chi connectivity index (χ0v) is 26.0. The van der Waals surface area contributed by atoms with E-state index in [1.54, 1.807) is 23.1 Å². The van der Waals surface area contributed by atoms with Crippen LogP contribution >= 0.6 is 34.9 Å². The summed E-state index contributed by atoms with van der Waals surface area (Å²) in [5.41, 5.74) is 5.11. The third-order valence-electron chi connectivity index (χ3n) is 7.13. The number of para-hydroxylation sites is 1. The first kappa shape index (κ1) is 28.3. The van der Waals surface area contributed by atoms with Crippen LogP contribution in [0.25, 0.3) is 26.7 Å². The fourth-order valence-corrected chi connectivity index (χ4v) is 7.89. The number of carbonyl (C=O) groups is 1. The van der Waals surface area contributed by atoms with Crippen LogP contribution in [0.5, 0.6) is 0 Å². The van der Waals surface area contributed by atoms with E-state index in [9.17, 15) is 4.79 Å². The molecule has 5 aromatic carbocycles. The second-order valence-corrected chi connectivity index (χ2v) is 13.4. The van der Waals surface area contributed by atoms with Crippen molar-refractivity contribution < 1.29 is 4.79 Å². The van der Waals surface area contributed by atoms with E-state index in [0.717, 1.165) is 37.5 Å². The summed E-state index contributed by atoms with van der Waals surface area (Å²) in [7, 11) is 0. The maximum absolute atomic E-state index is 13.1. The molecule has 2 aromatic heterocycles. The van der Waals surface area contributed by atoms with Crippen molar-refractivity contribution >= 4 is 67.4 Å². The molecule has 1 N–H and O–H groups in total. The van der Waals surface area contributed by atoms with E-state index in [2.05, 4.69) is 86.8 Å². The number of rotatable bonds is 10. The topological polar surface area (TPSA) is 72.7 Å². The van der Waals surface area contributed by atoms with Crippen molar-refractivity contribution in [2.24, 2.45) is 0 Å². The van der Waals surface area contributed by atoms with Gasteiger partial charge in [0.05, 0.1) is 16.0 Å². The first-order chi connectivity index (χ1) is 21.7. The van der Waals surface area contributed by atoms with Gasteiger partial charge >= 0.3 is 0 Å². The van der Waals surface area contributed by atoms with Gasteiger partial charge in [-0.1, -0.05) is 115 Å². The molecule has 0 saturated carbocycles. The van der Waals surface area contributed by atoms with E-state index < -0.39 is 0 Å². The number of nitrogens with zero attached hydrogens (tertiary/aromatic N) is 4. The molecule has 9 heteroatoms. The average molecular weight is 630 g/mol. The molecule has 0 aliphatic rings. The Morgan fingerprint density at radius 3 is 2.43 bits per heavy atom. The molecule has 7 aromatic rings. The summed E-state index contributed by atoms with van der Waals surface area (Å²) in [6.07, 6.45) is 0.622. The van der Waals surface area contributed by atoms with Crippen LogP contribution in [0.2, 0.25) is 0 Å². The van der Waals surface area contributed by atoms with Crippen LogP contribution in [0.1, 0.15) is 17.0 Å². The van der Waals surface area contributed by atoms with Gasteiger partial charge in [0, 0.05) is 23.5 Å². The third-order valence-corrected chi connectivity index (χ3v) is 10.3. The summed E-state index contributed by atoms with van der Waals surface area (Å²) in [4.78, 5) is 17.8. The van der Waals surface area contributed by atoms with E-state index in [0.29, 0.717) is 11.6 Å². The Balaban J connectivity index is 1.05. The summed E-state index contributed by atoms with van der Waals surface area (Å²) < 4.78 is 4.12. The van der Waals surface area contributed by atoms with Gasteiger partial charge < -0.3 is 5.32 Å². The molecule has 0 aliphatic heterocycles. The van der Waals surface area contributed by atoms with Gasteiger partial charge in [-0.3, -0.25) is 9.36 Å². The fraction of sp³-hybridized carbons (Fsp3) is 0.0857. The van der Waals surface area contributed by atoms with Gasteiger partial charge in [0.15, 0.2) is 9.50 Å². The highest BCUT2D eigenvalue weighted by molar-refractivity contribution is 8.00. The highest BCUT2D eigenvalue weighted by Crippen LogP contribution is 2.33. The standard InChI is InChI=1S/C35H27N5OS3/c41-33(36-27-18-19-30-31(21-27)44-35(37-30)43-22-24-10-3-1-4-11-24)23-42-34-39-38-32(40(34)28-15-5-2-6-16-28)20-26-14-9-13-25-12-7-8-17-29(25)26/h1-19,21H,20,22-23H2,(H,36,41). The average Bonchev–Trinajstić information content (AvgIpc) is 3.67. The first-order valence-electron chi connectivity index (χ1n) is 14.2. The molecule has 0 fully saturated rings. The Hall–Kier alpha value is -4.44. The minimum atomic E-state index is -0.101. The molecular formula is C35H27N5OS3. The van der Waals surface area contributed by atoms with Crippen molar-refractivity contribution in [3.63, 3.8) is 0 Å². The van der Waals surface area contributed by atoms with Crippen molar-refractivity contribution in [1.82, 2.24) is 19.7 Å². The van der Waals surface area contributed by atoms with Crippen LogP contribution in [-0.2, 0) is 17.0 Å². The Bertz CT molecular complexity index is 2050. The summed E-state index contributed by atoms with van der Waals surface area (Å²) in [6.45, 7) is 0. The van der Waals surface area contributed by atoms with E-state index in [4.69, 9.17) is 4.98 Å². The third kappa shape index (κ3) is 6.40. The van der Waals surface area contributed by atoms with Crippen molar-refractivity contribution in [3.05, 3.63) is 138 Å². The molecule has 44 heavy (non-hydrogen) atoms. The lowest BCUT2D eigenvalue weighted by molar-refractivity contribution is -0.113. The van der Waals surface area contributed by atoms with E-state index >= 15 is 0 Å². The highest BCUT2D eigenvalue weighted by Gasteiger charge is 2.17. The van der Waals surface area contributed by atoms with Gasteiger partial charge in [0.25, 0.3) is 0 Å².